The van der Waals surface area contributed by atoms with E-state index in [1.807, 2.05) is 13.0 Å². The summed E-state index contributed by atoms with van der Waals surface area (Å²) in [5.41, 5.74) is 7.57. The summed E-state index contributed by atoms with van der Waals surface area (Å²) in [5.74, 6) is 0.146. The molecule has 1 aliphatic heterocycles. The number of carbonyl (C=O) groups is 2. The largest absolute Gasteiger partial charge is 0.487 e. The normalized spacial score (nSPS) is 15.2. The maximum atomic E-state index is 12.6. The van der Waals surface area contributed by atoms with Crippen molar-refractivity contribution in [2.75, 3.05) is 13.1 Å². The lowest BCUT2D eigenvalue weighted by Gasteiger charge is -2.30. The van der Waals surface area contributed by atoms with Crippen molar-refractivity contribution in [2.24, 2.45) is 11.7 Å². The molecule has 1 fully saturated rings. The standard InChI is InChI=1S/C17H20N4O3S/c1-11-15(20-25-19-11)10-24-14-4-2-3-13(9-14)17(23)21-7-5-12(6-8-21)16(18)22/h2-4,9,12H,5-8,10H2,1H3,(H2,18,22). The average molecular weight is 360 g/mol. The number of piperidine rings is 1. The first-order chi connectivity index (χ1) is 12.0. The van der Waals surface area contributed by atoms with Crippen LogP contribution in [-0.2, 0) is 11.4 Å². The fourth-order valence-electron chi connectivity index (χ4n) is 2.80. The Kier molecular flexibility index (Phi) is 5.28. The molecule has 25 heavy (non-hydrogen) atoms. The summed E-state index contributed by atoms with van der Waals surface area (Å²) >= 11 is 1.16. The molecule has 7 nitrogen and oxygen atoms in total. The van der Waals surface area contributed by atoms with Crippen LogP contribution in [0.3, 0.4) is 0 Å². The van der Waals surface area contributed by atoms with Crippen molar-refractivity contribution in [3.05, 3.63) is 41.2 Å². The minimum atomic E-state index is -0.283. The van der Waals surface area contributed by atoms with Crippen molar-refractivity contribution < 1.29 is 14.3 Å². The second kappa shape index (κ2) is 7.60. The van der Waals surface area contributed by atoms with E-state index in [1.54, 1.807) is 23.1 Å². The van der Waals surface area contributed by atoms with Gasteiger partial charge in [0.25, 0.3) is 5.91 Å². The Balaban J connectivity index is 1.62. The molecule has 0 spiro atoms. The highest BCUT2D eigenvalue weighted by Crippen LogP contribution is 2.21. The number of nitrogens with two attached hydrogens (primary N) is 1. The van der Waals surface area contributed by atoms with Crippen LogP contribution in [0.15, 0.2) is 24.3 Å². The number of hydrogen-bond acceptors (Lipinski definition) is 6. The van der Waals surface area contributed by atoms with Gasteiger partial charge in [0.2, 0.25) is 5.91 Å². The molecule has 0 aliphatic carbocycles. The van der Waals surface area contributed by atoms with E-state index in [-0.39, 0.29) is 17.7 Å². The molecular formula is C17H20N4O3S. The molecule has 0 bridgehead atoms. The number of primary amides is 1. The maximum Gasteiger partial charge on any atom is 0.253 e. The Hall–Kier alpha value is -2.48. The molecule has 0 radical (unpaired) electrons. The van der Waals surface area contributed by atoms with Gasteiger partial charge in [-0.1, -0.05) is 6.07 Å². The molecule has 2 amide bonds. The van der Waals surface area contributed by atoms with Gasteiger partial charge in [0.15, 0.2) is 0 Å². The van der Waals surface area contributed by atoms with Crippen LogP contribution in [0, 0.1) is 12.8 Å². The third kappa shape index (κ3) is 4.14. The first-order valence-corrected chi connectivity index (χ1v) is 8.87. The summed E-state index contributed by atoms with van der Waals surface area (Å²) in [5, 5.41) is 0. The third-order valence-electron chi connectivity index (χ3n) is 4.39. The van der Waals surface area contributed by atoms with Crippen LogP contribution in [0.1, 0.15) is 34.6 Å². The van der Waals surface area contributed by atoms with Gasteiger partial charge < -0.3 is 15.4 Å². The second-order valence-electron chi connectivity index (χ2n) is 6.08. The van der Waals surface area contributed by atoms with Crippen molar-refractivity contribution in [3.63, 3.8) is 0 Å². The van der Waals surface area contributed by atoms with E-state index < -0.39 is 0 Å². The number of aryl methyl sites for hydroxylation is 1. The van der Waals surface area contributed by atoms with Gasteiger partial charge in [0, 0.05) is 24.6 Å². The minimum Gasteiger partial charge on any atom is -0.487 e. The number of likely N-dealkylation sites (tertiary alicyclic amines) is 1. The molecule has 1 aromatic carbocycles. The van der Waals surface area contributed by atoms with Gasteiger partial charge in [0.05, 0.1) is 17.4 Å². The van der Waals surface area contributed by atoms with Gasteiger partial charge >= 0.3 is 0 Å². The molecule has 2 N–H and O–H groups in total. The molecule has 132 valence electrons. The first kappa shape index (κ1) is 17.3. The Morgan fingerprint density at radius 2 is 2.08 bits per heavy atom. The number of hydrogen-bond donors (Lipinski definition) is 1. The van der Waals surface area contributed by atoms with E-state index in [2.05, 4.69) is 8.75 Å². The monoisotopic (exact) mass is 360 g/mol. The smallest absolute Gasteiger partial charge is 0.253 e. The summed E-state index contributed by atoms with van der Waals surface area (Å²) in [4.78, 5) is 25.6. The number of benzene rings is 1. The molecule has 0 saturated carbocycles. The fourth-order valence-corrected chi connectivity index (χ4v) is 3.35. The van der Waals surface area contributed by atoms with Crippen LogP contribution < -0.4 is 10.5 Å². The molecule has 1 aliphatic rings. The van der Waals surface area contributed by atoms with Gasteiger partial charge in [-0.2, -0.15) is 8.75 Å². The minimum absolute atomic E-state index is 0.0557. The summed E-state index contributed by atoms with van der Waals surface area (Å²) in [6.07, 6.45) is 1.24. The highest BCUT2D eigenvalue weighted by Gasteiger charge is 2.26. The van der Waals surface area contributed by atoms with Gasteiger partial charge in [0.1, 0.15) is 18.1 Å². The van der Waals surface area contributed by atoms with E-state index >= 15 is 0 Å². The molecule has 8 heteroatoms. The molecule has 1 saturated heterocycles. The summed E-state index contributed by atoms with van der Waals surface area (Å²) < 4.78 is 14.0. The van der Waals surface area contributed by atoms with Crippen LogP contribution in [0.2, 0.25) is 0 Å². The molecule has 2 heterocycles. The van der Waals surface area contributed by atoms with Crippen molar-refractivity contribution >= 4 is 23.5 Å². The lowest BCUT2D eigenvalue weighted by molar-refractivity contribution is -0.123. The number of amides is 2. The van der Waals surface area contributed by atoms with Crippen molar-refractivity contribution in [2.45, 2.75) is 26.4 Å². The predicted octanol–water partition coefficient (Wildman–Crippen LogP) is 1.76. The van der Waals surface area contributed by atoms with Crippen LogP contribution in [0.4, 0.5) is 0 Å². The maximum absolute atomic E-state index is 12.6. The predicted molar refractivity (Wildman–Crippen MR) is 93.2 cm³/mol. The summed E-state index contributed by atoms with van der Waals surface area (Å²) in [6.45, 7) is 3.30. The Labute approximate surface area is 150 Å². The van der Waals surface area contributed by atoms with Gasteiger partial charge in [-0.15, -0.1) is 0 Å². The highest BCUT2D eigenvalue weighted by atomic mass is 32.1. The molecular weight excluding hydrogens is 340 g/mol. The molecule has 0 atom stereocenters. The molecule has 2 aromatic rings. The molecule has 3 rings (SSSR count). The van der Waals surface area contributed by atoms with E-state index in [0.29, 0.717) is 43.9 Å². The van der Waals surface area contributed by atoms with Gasteiger partial charge in [-0.05, 0) is 38.0 Å². The zero-order valence-corrected chi connectivity index (χ0v) is 14.8. The van der Waals surface area contributed by atoms with Gasteiger partial charge in [-0.3, -0.25) is 9.59 Å². The SMILES string of the molecule is Cc1nsnc1COc1cccc(C(=O)N2CCC(C(N)=O)CC2)c1. The van der Waals surface area contributed by atoms with Crippen LogP contribution in [0.25, 0.3) is 0 Å². The van der Waals surface area contributed by atoms with Crippen molar-refractivity contribution in [1.82, 2.24) is 13.6 Å². The Bertz CT molecular complexity index is 769. The number of rotatable bonds is 5. The number of ether oxygens (including phenoxy) is 1. The Morgan fingerprint density at radius 3 is 2.72 bits per heavy atom. The quantitative estimate of drug-likeness (QED) is 0.876. The van der Waals surface area contributed by atoms with E-state index in [9.17, 15) is 9.59 Å². The first-order valence-electron chi connectivity index (χ1n) is 8.14. The lowest BCUT2D eigenvalue weighted by atomic mass is 9.96. The van der Waals surface area contributed by atoms with Crippen molar-refractivity contribution in [1.29, 1.82) is 0 Å². The third-order valence-corrected chi connectivity index (χ3v) is 5.05. The average Bonchev–Trinajstić information content (AvgIpc) is 3.04. The topological polar surface area (TPSA) is 98.4 Å². The van der Waals surface area contributed by atoms with Crippen molar-refractivity contribution in [3.8, 4) is 5.75 Å². The zero-order valence-electron chi connectivity index (χ0n) is 14.0. The number of aromatic nitrogens is 2. The lowest BCUT2D eigenvalue weighted by Crippen LogP contribution is -2.41. The fraction of sp³-hybridized carbons (Fsp3) is 0.412. The summed E-state index contributed by atoms with van der Waals surface area (Å²) in [6, 6.07) is 7.11. The van der Waals surface area contributed by atoms with E-state index in [4.69, 9.17) is 10.5 Å². The van der Waals surface area contributed by atoms with Crippen LogP contribution in [-0.4, -0.2) is 38.6 Å². The zero-order chi connectivity index (χ0) is 17.8. The number of carbonyl (C=O) groups excluding carboxylic acids is 2. The van der Waals surface area contributed by atoms with Crippen LogP contribution >= 0.6 is 11.7 Å². The number of nitrogens with zero attached hydrogens (tertiary/aromatic N) is 3. The Morgan fingerprint density at radius 1 is 1.32 bits per heavy atom. The van der Waals surface area contributed by atoms with Gasteiger partial charge in [-0.25, -0.2) is 0 Å². The summed E-state index contributed by atoms with van der Waals surface area (Å²) in [7, 11) is 0. The second-order valence-corrected chi connectivity index (χ2v) is 6.61. The van der Waals surface area contributed by atoms with E-state index in [1.165, 1.54) is 0 Å². The highest BCUT2D eigenvalue weighted by molar-refractivity contribution is 6.99. The molecule has 1 aromatic heterocycles. The molecule has 0 unspecified atom stereocenters. The van der Waals surface area contributed by atoms with Crippen LogP contribution in [0.5, 0.6) is 5.75 Å². The van der Waals surface area contributed by atoms with E-state index in [0.717, 1.165) is 23.1 Å².